The van der Waals surface area contributed by atoms with Gasteiger partial charge in [-0.25, -0.2) is 4.98 Å². The van der Waals surface area contributed by atoms with Crippen molar-refractivity contribution in [3.8, 4) is 11.8 Å². The molecular weight excluding hydrogens is 252 g/mol. The molecule has 1 N–H and O–H groups in total. The molecule has 2 aromatic rings. The topological polar surface area (TPSA) is 62.9 Å². The number of ether oxygens (including phenoxy) is 1. The Kier molecular flexibility index (Phi) is 4.61. The number of hydrogen-bond acceptors (Lipinski definition) is 4. The van der Waals surface area contributed by atoms with E-state index in [1.807, 2.05) is 42.9 Å². The first-order valence-corrected chi connectivity index (χ1v) is 6.55. The number of rotatable bonds is 6. The zero-order chi connectivity index (χ0) is 14.4. The minimum atomic E-state index is 0.0698. The van der Waals surface area contributed by atoms with Crippen LogP contribution in [0.2, 0.25) is 0 Å². The number of nitrogens with zero attached hydrogens (tertiary/aromatic N) is 3. The van der Waals surface area contributed by atoms with Gasteiger partial charge in [0.15, 0.2) is 6.61 Å². The van der Waals surface area contributed by atoms with Gasteiger partial charge < -0.3 is 14.6 Å². The van der Waals surface area contributed by atoms with Crippen LogP contribution in [0.25, 0.3) is 0 Å². The average Bonchev–Trinajstić information content (AvgIpc) is 2.92. The Morgan fingerprint density at radius 3 is 2.75 bits per heavy atom. The number of benzene rings is 1. The van der Waals surface area contributed by atoms with E-state index in [9.17, 15) is 0 Å². The van der Waals surface area contributed by atoms with Crippen LogP contribution in [0, 0.1) is 11.3 Å². The fourth-order valence-corrected chi connectivity index (χ4v) is 1.91. The van der Waals surface area contributed by atoms with E-state index in [0.717, 1.165) is 17.9 Å². The molecule has 0 bridgehead atoms. The Balaban J connectivity index is 1.94. The Bertz CT molecular complexity index is 581. The van der Waals surface area contributed by atoms with E-state index in [1.54, 1.807) is 0 Å². The van der Waals surface area contributed by atoms with E-state index in [2.05, 4.69) is 28.7 Å². The summed E-state index contributed by atoms with van der Waals surface area (Å²) in [7, 11) is 0. The molecule has 0 unspecified atom stereocenters. The number of hydrogen-bond donors (Lipinski definition) is 1. The lowest BCUT2D eigenvalue weighted by Crippen LogP contribution is -2.08. The SMILES string of the molecule is CC(C)n1cncc1CNc1ccc(OCC#N)cc1. The minimum Gasteiger partial charge on any atom is -0.479 e. The second-order valence-corrected chi connectivity index (χ2v) is 4.71. The van der Waals surface area contributed by atoms with Gasteiger partial charge in [-0.1, -0.05) is 0 Å². The largest absolute Gasteiger partial charge is 0.479 e. The standard InChI is InChI=1S/C15H18N4O/c1-12(2)19-11-17-9-14(19)10-18-13-3-5-15(6-4-13)20-8-7-16/h3-6,9,11-12,18H,8,10H2,1-2H3. The molecule has 0 aliphatic rings. The van der Waals surface area contributed by atoms with Gasteiger partial charge in [0.1, 0.15) is 11.8 Å². The lowest BCUT2D eigenvalue weighted by atomic mass is 10.3. The summed E-state index contributed by atoms with van der Waals surface area (Å²) < 4.78 is 7.34. The minimum absolute atomic E-state index is 0.0698. The molecule has 0 amide bonds. The van der Waals surface area contributed by atoms with Crippen LogP contribution < -0.4 is 10.1 Å². The smallest absolute Gasteiger partial charge is 0.174 e. The second kappa shape index (κ2) is 6.62. The molecular formula is C15H18N4O. The van der Waals surface area contributed by atoms with Crippen molar-refractivity contribution < 1.29 is 4.74 Å². The first kappa shape index (κ1) is 13.9. The van der Waals surface area contributed by atoms with Crippen LogP contribution in [0.5, 0.6) is 5.75 Å². The predicted octanol–water partition coefficient (Wildman–Crippen LogP) is 2.98. The summed E-state index contributed by atoms with van der Waals surface area (Å²) in [4.78, 5) is 4.18. The van der Waals surface area contributed by atoms with Gasteiger partial charge in [-0.15, -0.1) is 0 Å². The zero-order valence-corrected chi connectivity index (χ0v) is 11.7. The van der Waals surface area contributed by atoms with E-state index >= 15 is 0 Å². The molecule has 20 heavy (non-hydrogen) atoms. The van der Waals surface area contributed by atoms with E-state index in [4.69, 9.17) is 10.00 Å². The Morgan fingerprint density at radius 1 is 1.35 bits per heavy atom. The highest BCUT2D eigenvalue weighted by Crippen LogP contribution is 2.17. The Labute approximate surface area is 118 Å². The molecule has 104 valence electrons. The normalized spacial score (nSPS) is 10.3. The molecule has 0 saturated heterocycles. The van der Waals surface area contributed by atoms with Crippen molar-refractivity contribution >= 4 is 5.69 Å². The van der Waals surface area contributed by atoms with Crippen molar-refractivity contribution in [3.05, 3.63) is 42.5 Å². The highest BCUT2D eigenvalue weighted by molar-refractivity contribution is 5.46. The lowest BCUT2D eigenvalue weighted by Gasteiger charge is -2.13. The maximum atomic E-state index is 8.45. The summed E-state index contributed by atoms with van der Waals surface area (Å²) in [5.74, 6) is 0.698. The van der Waals surface area contributed by atoms with Gasteiger partial charge in [-0.05, 0) is 38.1 Å². The van der Waals surface area contributed by atoms with E-state index in [-0.39, 0.29) is 6.61 Å². The molecule has 0 aliphatic carbocycles. The zero-order valence-electron chi connectivity index (χ0n) is 11.7. The van der Waals surface area contributed by atoms with Crippen molar-refractivity contribution in [1.29, 1.82) is 5.26 Å². The molecule has 0 radical (unpaired) electrons. The van der Waals surface area contributed by atoms with E-state index < -0.39 is 0 Å². The fraction of sp³-hybridized carbons (Fsp3) is 0.333. The monoisotopic (exact) mass is 270 g/mol. The molecule has 1 aromatic heterocycles. The summed E-state index contributed by atoms with van der Waals surface area (Å²) in [6.45, 7) is 5.05. The number of nitriles is 1. The first-order valence-electron chi connectivity index (χ1n) is 6.55. The fourth-order valence-electron chi connectivity index (χ4n) is 1.91. The van der Waals surface area contributed by atoms with Crippen LogP contribution in [-0.4, -0.2) is 16.2 Å². The van der Waals surface area contributed by atoms with Gasteiger partial charge in [0.05, 0.1) is 18.6 Å². The average molecular weight is 270 g/mol. The maximum Gasteiger partial charge on any atom is 0.174 e. The van der Waals surface area contributed by atoms with Crippen molar-refractivity contribution in [2.45, 2.75) is 26.4 Å². The molecule has 5 nitrogen and oxygen atoms in total. The van der Waals surface area contributed by atoms with Crippen LogP contribution in [0.3, 0.4) is 0 Å². The third-order valence-corrected chi connectivity index (χ3v) is 2.93. The van der Waals surface area contributed by atoms with Crippen LogP contribution in [0.4, 0.5) is 5.69 Å². The van der Waals surface area contributed by atoms with Gasteiger partial charge in [0.25, 0.3) is 0 Å². The van der Waals surface area contributed by atoms with Crippen molar-refractivity contribution in [2.24, 2.45) is 0 Å². The molecule has 1 heterocycles. The van der Waals surface area contributed by atoms with Gasteiger partial charge in [0.2, 0.25) is 0 Å². The molecule has 0 fully saturated rings. The van der Waals surface area contributed by atoms with Crippen LogP contribution in [-0.2, 0) is 6.54 Å². The molecule has 0 atom stereocenters. The van der Waals surface area contributed by atoms with E-state index in [0.29, 0.717) is 11.8 Å². The molecule has 0 aliphatic heterocycles. The first-order chi connectivity index (χ1) is 9.70. The van der Waals surface area contributed by atoms with Crippen LogP contribution >= 0.6 is 0 Å². The lowest BCUT2D eigenvalue weighted by molar-refractivity contribution is 0.368. The predicted molar refractivity (Wildman–Crippen MR) is 77.5 cm³/mol. The maximum absolute atomic E-state index is 8.45. The Morgan fingerprint density at radius 2 is 2.10 bits per heavy atom. The number of aromatic nitrogens is 2. The van der Waals surface area contributed by atoms with Crippen molar-refractivity contribution in [2.75, 3.05) is 11.9 Å². The van der Waals surface area contributed by atoms with Crippen LogP contribution in [0.15, 0.2) is 36.8 Å². The molecule has 1 aromatic carbocycles. The number of anilines is 1. The summed E-state index contributed by atoms with van der Waals surface area (Å²) >= 11 is 0. The Hall–Kier alpha value is -2.48. The van der Waals surface area contributed by atoms with Gasteiger partial charge in [-0.2, -0.15) is 5.26 Å². The summed E-state index contributed by atoms with van der Waals surface area (Å²) in [6, 6.07) is 9.90. The van der Waals surface area contributed by atoms with Crippen molar-refractivity contribution in [1.82, 2.24) is 9.55 Å². The number of nitrogens with one attached hydrogen (secondary N) is 1. The summed E-state index contributed by atoms with van der Waals surface area (Å²) in [6.07, 6.45) is 3.72. The van der Waals surface area contributed by atoms with E-state index in [1.165, 1.54) is 0 Å². The van der Waals surface area contributed by atoms with Gasteiger partial charge in [0, 0.05) is 17.9 Å². The molecule has 2 rings (SSSR count). The molecule has 5 heteroatoms. The number of imidazole rings is 1. The van der Waals surface area contributed by atoms with Gasteiger partial charge in [-0.3, -0.25) is 0 Å². The summed E-state index contributed by atoms with van der Waals surface area (Å²) in [5.41, 5.74) is 2.15. The van der Waals surface area contributed by atoms with Gasteiger partial charge >= 0.3 is 0 Å². The quantitative estimate of drug-likeness (QED) is 0.876. The third-order valence-electron chi connectivity index (χ3n) is 2.93. The molecule has 0 saturated carbocycles. The second-order valence-electron chi connectivity index (χ2n) is 4.71. The van der Waals surface area contributed by atoms with Crippen LogP contribution in [0.1, 0.15) is 25.6 Å². The third kappa shape index (κ3) is 3.51. The van der Waals surface area contributed by atoms with Crippen molar-refractivity contribution in [3.63, 3.8) is 0 Å². The molecule has 0 spiro atoms. The summed E-state index contributed by atoms with van der Waals surface area (Å²) in [5, 5.41) is 11.8. The highest BCUT2D eigenvalue weighted by Gasteiger charge is 2.04. The highest BCUT2D eigenvalue weighted by atomic mass is 16.5.